The van der Waals surface area contributed by atoms with Gasteiger partial charge in [0.15, 0.2) is 0 Å². The molecule has 0 aromatic heterocycles. The summed E-state index contributed by atoms with van der Waals surface area (Å²) >= 11 is 0. The van der Waals surface area contributed by atoms with Gasteiger partial charge in [-0.1, -0.05) is 24.3 Å². The van der Waals surface area contributed by atoms with Crippen LogP contribution < -0.4 is 5.32 Å². The average molecular weight is 386 g/mol. The van der Waals surface area contributed by atoms with Crippen molar-refractivity contribution in [1.29, 1.82) is 0 Å². The Bertz CT molecular complexity index is 866. The van der Waals surface area contributed by atoms with E-state index < -0.39 is 23.5 Å². The van der Waals surface area contributed by atoms with E-state index in [1.807, 2.05) is 0 Å². The number of hydrogen-bond acceptors (Lipinski definition) is 3. The molecule has 1 atom stereocenters. The topological polar surface area (TPSA) is 66.5 Å². The van der Waals surface area contributed by atoms with E-state index >= 15 is 0 Å². The highest BCUT2D eigenvalue weighted by atomic mass is 19.1. The molecule has 1 unspecified atom stereocenters. The molecule has 0 saturated carbocycles. The zero-order valence-electron chi connectivity index (χ0n) is 15.2. The van der Waals surface area contributed by atoms with Crippen molar-refractivity contribution in [3.63, 3.8) is 0 Å². The van der Waals surface area contributed by atoms with E-state index in [-0.39, 0.29) is 31.3 Å². The smallest absolute Gasteiger partial charge is 0.290 e. The van der Waals surface area contributed by atoms with Gasteiger partial charge in [-0.3, -0.25) is 14.4 Å². The summed E-state index contributed by atoms with van der Waals surface area (Å²) in [6.45, 7) is 0.620. The van der Waals surface area contributed by atoms with E-state index in [0.717, 1.165) is 11.1 Å². The van der Waals surface area contributed by atoms with Crippen LogP contribution in [0.4, 0.5) is 8.78 Å². The Morgan fingerprint density at radius 2 is 1.46 bits per heavy atom. The maximum atomic E-state index is 12.9. The summed E-state index contributed by atoms with van der Waals surface area (Å²) in [6, 6.07) is 11.9. The lowest BCUT2D eigenvalue weighted by Gasteiger charge is -2.15. The van der Waals surface area contributed by atoms with Gasteiger partial charge in [-0.25, -0.2) is 8.78 Å². The molecule has 2 amide bonds. The summed E-state index contributed by atoms with van der Waals surface area (Å²) in [6.07, 6.45) is 0.966. The standard InChI is InChI=1S/C21H20F2N2O3/c22-16-5-1-14(2-6-16)9-11-24-20(27)18-13-25(21(28)19(18)26)12-10-15-3-7-17(23)8-4-15/h1-8,18H,9-13H2,(H,24,27). The third-order valence-corrected chi connectivity index (χ3v) is 4.74. The van der Waals surface area contributed by atoms with Crippen LogP contribution >= 0.6 is 0 Å². The largest absolute Gasteiger partial charge is 0.355 e. The summed E-state index contributed by atoms with van der Waals surface area (Å²) in [5.41, 5.74) is 1.70. The van der Waals surface area contributed by atoms with Gasteiger partial charge in [0.2, 0.25) is 11.7 Å². The van der Waals surface area contributed by atoms with Gasteiger partial charge in [-0.05, 0) is 48.2 Å². The van der Waals surface area contributed by atoms with Crippen LogP contribution in [-0.2, 0) is 27.2 Å². The molecule has 7 heteroatoms. The van der Waals surface area contributed by atoms with Crippen molar-refractivity contribution in [3.8, 4) is 0 Å². The monoisotopic (exact) mass is 386 g/mol. The summed E-state index contributed by atoms with van der Waals surface area (Å²) in [5.74, 6) is -3.55. The summed E-state index contributed by atoms with van der Waals surface area (Å²) < 4.78 is 25.8. The van der Waals surface area contributed by atoms with Gasteiger partial charge >= 0.3 is 0 Å². The van der Waals surface area contributed by atoms with Crippen LogP contribution in [0.3, 0.4) is 0 Å². The van der Waals surface area contributed by atoms with Gasteiger partial charge in [0.05, 0.1) is 0 Å². The average Bonchev–Trinajstić information content (AvgIpc) is 2.97. The lowest BCUT2D eigenvalue weighted by atomic mass is 10.1. The molecule has 5 nitrogen and oxygen atoms in total. The molecule has 0 spiro atoms. The predicted octanol–water partition coefficient (Wildman–Crippen LogP) is 1.89. The van der Waals surface area contributed by atoms with E-state index in [4.69, 9.17) is 0 Å². The molecular weight excluding hydrogens is 366 g/mol. The Kier molecular flexibility index (Phi) is 6.13. The van der Waals surface area contributed by atoms with Crippen LogP contribution in [0, 0.1) is 17.6 Å². The minimum Gasteiger partial charge on any atom is -0.355 e. The highest BCUT2D eigenvalue weighted by molar-refractivity contribution is 6.42. The molecule has 3 rings (SSSR count). The quantitative estimate of drug-likeness (QED) is 0.584. The van der Waals surface area contributed by atoms with Crippen LogP contribution in [0.1, 0.15) is 11.1 Å². The number of carbonyl (C=O) groups is 3. The van der Waals surface area contributed by atoms with Gasteiger partial charge < -0.3 is 10.2 Å². The number of nitrogens with zero attached hydrogens (tertiary/aromatic N) is 1. The lowest BCUT2D eigenvalue weighted by Crippen LogP contribution is -2.36. The maximum absolute atomic E-state index is 12.9. The van der Waals surface area contributed by atoms with Gasteiger partial charge in [-0.15, -0.1) is 0 Å². The molecule has 1 saturated heterocycles. The molecule has 1 aliphatic rings. The van der Waals surface area contributed by atoms with Crippen molar-refractivity contribution in [2.45, 2.75) is 12.8 Å². The number of Topliss-reactive ketones (excluding diaryl/α,β-unsaturated/α-hetero) is 1. The Morgan fingerprint density at radius 3 is 2.04 bits per heavy atom. The number of nitrogens with one attached hydrogen (secondary N) is 1. The number of benzene rings is 2. The second-order valence-electron chi connectivity index (χ2n) is 6.71. The van der Waals surface area contributed by atoms with Crippen molar-refractivity contribution in [1.82, 2.24) is 10.2 Å². The Labute approximate surface area is 161 Å². The van der Waals surface area contributed by atoms with Gasteiger partial charge in [0.1, 0.15) is 17.6 Å². The van der Waals surface area contributed by atoms with Crippen LogP contribution in [0.25, 0.3) is 0 Å². The number of amides is 2. The molecule has 2 aromatic carbocycles. The van der Waals surface area contributed by atoms with E-state index in [1.165, 1.54) is 29.2 Å². The van der Waals surface area contributed by atoms with Crippen molar-refractivity contribution in [3.05, 3.63) is 71.3 Å². The molecule has 0 radical (unpaired) electrons. The van der Waals surface area contributed by atoms with Crippen LogP contribution in [0.5, 0.6) is 0 Å². The SMILES string of the molecule is O=C(NCCc1ccc(F)cc1)C1CN(CCc2ccc(F)cc2)C(=O)C1=O. The molecule has 0 bridgehead atoms. The minimum atomic E-state index is -1.02. The number of rotatable bonds is 7. The number of likely N-dealkylation sites (tertiary alicyclic amines) is 1. The second kappa shape index (κ2) is 8.73. The van der Waals surface area contributed by atoms with Crippen LogP contribution in [-0.4, -0.2) is 42.1 Å². The van der Waals surface area contributed by atoms with Crippen molar-refractivity contribution in [2.24, 2.45) is 5.92 Å². The van der Waals surface area contributed by atoms with Gasteiger partial charge in [0, 0.05) is 19.6 Å². The third kappa shape index (κ3) is 4.79. The van der Waals surface area contributed by atoms with Crippen molar-refractivity contribution >= 4 is 17.6 Å². The first-order chi connectivity index (χ1) is 13.4. The van der Waals surface area contributed by atoms with E-state index in [0.29, 0.717) is 12.8 Å². The fourth-order valence-corrected chi connectivity index (χ4v) is 3.11. The molecule has 0 aliphatic carbocycles. The van der Waals surface area contributed by atoms with E-state index in [2.05, 4.69) is 5.32 Å². The fourth-order valence-electron chi connectivity index (χ4n) is 3.11. The molecule has 28 heavy (non-hydrogen) atoms. The molecule has 2 aromatic rings. The van der Waals surface area contributed by atoms with E-state index in [1.54, 1.807) is 24.3 Å². The zero-order chi connectivity index (χ0) is 20.1. The third-order valence-electron chi connectivity index (χ3n) is 4.74. The number of hydrogen-bond donors (Lipinski definition) is 1. The Morgan fingerprint density at radius 1 is 0.929 bits per heavy atom. The fraction of sp³-hybridized carbons (Fsp3) is 0.286. The van der Waals surface area contributed by atoms with Crippen LogP contribution in [0.15, 0.2) is 48.5 Å². The number of ketones is 1. The van der Waals surface area contributed by atoms with Crippen molar-refractivity contribution in [2.75, 3.05) is 19.6 Å². The van der Waals surface area contributed by atoms with Gasteiger partial charge in [-0.2, -0.15) is 0 Å². The molecule has 1 aliphatic heterocycles. The number of halogens is 2. The first kappa shape index (κ1) is 19.7. The Balaban J connectivity index is 1.49. The zero-order valence-corrected chi connectivity index (χ0v) is 15.2. The maximum Gasteiger partial charge on any atom is 0.290 e. The molecular formula is C21H20F2N2O3. The van der Waals surface area contributed by atoms with Crippen LogP contribution in [0.2, 0.25) is 0 Å². The first-order valence-electron chi connectivity index (χ1n) is 9.04. The molecule has 146 valence electrons. The molecule has 1 N–H and O–H groups in total. The summed E-state index contributed by atoms with van der Waals surface area (Å²) in [7, 11) is 0. The normalized spacial score (nSPS) is 16.5. The summed E-state index contributed by atoms with van der Waals surface area (Å²) in [4.78, 5) is 37.9. The second-order valence-corrected chi connectivity index (χ2v) is 6.71. The van der Waals surface area contributed by atoms with Gasteiger partial charge in [0.25, 0.3) is 5.91 Å². The first-order valence-corrected chi connectivity index (χ1v) is 9.04. The summed E-state index contributed by atoms with van der Waals surface area (Å²) in [5, 5.41) is 2.67. The highest BCUT2D eigenvalue weighted by Crippen LogP contribution is 2.16. The molecule has 1 heterocycles. The predicted molar refractivity (Wildman–Crippen MR) is 98.3 cm³/mol. The number of carbonyl (C=O) groups excluding carboxylic acids is 3. The Hall–Kier alpha value is -3.09. The van der Waals surface area contributed by atoms with Crippen molar-refractivity contribution < 1.29 is 23.2 Å². The van der Waals surface area contributed by atoms with E-state index in [9.17, 15) is 23.2 Å². The minimum absolute atomic E-state index is 0.0429. The lowest BCUT2D eigenvalue weighted by molar-refractivity contribution is -0.142. The highest BCUT2D eigenvalue weighted by Gasteiger charge is 2.42. The molecule has 1 fully saturated rings.